The van der Waals surface area contributed by atoms with E-state index in [1.165, 1.54) is 37.9 Å². The van der Waals surface area contributed by atoms with Crippen LogP contribution in [-0.4, -0.2) is 60.6 Å². The Hall–Kier alpha value is -1.43. The summed E-state index contributed by atoms with van der Waals surface area (Å²) in [6.07, 6.45) is 6.89. The quantitative estimate of drug-likeness (QED) is 0.662. The van der Waals surface area contributed by atoms with E-state index in [9.17, 15) is 0 Å². The van der Waals surface area contributed by atoms with Gasteiger partial charge in [0.1, 0.15) is 5.82 Å². The van der Waals surface area contributed by atoms with Crippen LogP contribution in [0.5, 0.6) is 0 Å². The molecular weight excluding hydrogens is 330 g/mol. The molecule has 0 aromatic carbocycles. The lowest BCUT2D eigenvalue weighted by Crippen LogP contribution is -2.53. The molecule has 2 fully saturated rings. The SMILES string of the molecule is CN=C(NCc1cccc(N(C)C)n1)N1CCSC2(CCCCC2)C1. The van der Waals surface area contributed by atoms with Crippen molar-refractivity contribution >= 4 is 23.5 Å². The first kappa shape index (κ1) is 18.4. The Morgan fingerprint density at radius 1 is 1.32 bits per heavy atom. The topological polar surface area (TPSA) is 43.8 Å². The largest absolute Gasteiger partial charge is 0.363 e. The van der Waals surface area contributed by atoms with Crippen molar-refractivity contribution in [3.63, 3.8) is 0 Å². The Labute approximate surface area is 156 Å². The van der Waals surface area contributed by atoms with E-state index >= 15 is 0 Å². The third-order valence-corrected chi connectivity index (χ3v) is 6.74. The first-order chi connectivity index (χ1) is 12.1. The van der Waals surface area contributed by atoms with Gasteiger partial charge in [0, 0.05) is 44.7 Å². The van der Waals surface area contributed by atoms with E-state index in [0.29, 0.717) is 11.3 Å². The molecule has 1 spiro atoms. The number of guanidine groups is 1. The monoisotopic (exact) mass is 361 g/mol. The van der Waals surface area contributed by atoms with Gasteiger partial charge in [-0.1, -0.05) is 25.3 Å². The van der Waals surface area contributed by atoms with Gasteiger partial charge in [0.25, 0.3) is 0 Å². The molecular formula is C19H31N5S. The number of aliphatic imine (C=N–C) groups is 1. The average molecular weight is 362 g/mol. The van der Waals surface area contributed by atoms with E-state index in [4.69, 9.17) is 4.98 Å². The fraction of sp³-hybridized carbons (Fsp3) is 0.684. The van der Waals surface area contributed by atoms with Crippen LogP contribution in [0, 0.1) is 0 Å². The number of hydrogen-bond donors (Lipinski definition) is 1. The summed E-state index contributed by atoms with van der Waals surface area (Å²) in [6, 6.07) is 6.17. The first-order valence-electron chi connectivity index (χ1n) is 9.35. The Kier molecular flexibility index (Phi) is 6.10. The minimum Gasteiger partial charge on any atom is -0.363 e. The standard InChI is InChI=1S/C19H31N5S/c1-20-18(21-14-16-8-7-9-17(22-16)23(2)3)24-12-13-25-19(15-24)10-5-4-6-11-19/h7-9H,4-6,10-15H2,1-3H3,(H,20,21). The van der Waals surface area contributed by atoms with Gasteiger partial charge < -0.3 is 15.1 Å². The fourth-order valence-electron chi connectivity index (χ4n) is 3.84. The molecule has 1 N–H and O–H groups in total. The Morgan fingerprint density at radius 3 is 2.84 bits per heavy atom. The molecule has 1 aliphatic carbocycles. The Balaban J connectivity index is 1.61. The van der Waals surface area contributed by atoms with Crippen molar-refractivity contribution in [2.75, 3.05) is 44.9 Å². The minimum atomic E-state index is 0.456. The van der Waals surface area contributed by atoms with Gasteiger partial charge in [-0.2, -0.15) is 11.8 Å². The van der Waals surface area contributed by atoms with E-state index < -0.39 is 0 Å². The molecule has 0 amide bonds. The Bertz CT molecular complexity index is 590. The highest BCUT2D eigenvalue weighted by Crippen LogP contribution is 2.42. The molecule has 0 unspecified atom stereocenters. The summed E-state index contributed by atoms with van der Waals surface area (Å²) in [5.41, 5.74) is 1.05. The predicted octanol–water partition coefficient (Wildman–Crippen LogP) is 2.97. The summed E-state index contributed by atoms with van der Waals surface area (Å²) < 4.78 is 0.456. The van der Waals surface area contributed by atoms with Gasteiger partial charge in [-0.25, -0.2) is 4.98 Å². The van der Waals surface area contributed by atoms with Crippen LogP contribution < -0.4 is 10.2 Å². The van der Waals surface area contributed by atoms with Gasteiger partial charge >= 0.3 is 0 Å². The molecule has 2 heterocycles. The predicted molar refractivity (Wildman–Crippen MR) is 109 cm³/mol. The molecule has 1 saturated heterocycles. The van der Waals surface area contributed by atoms with Crippen LogP contribution in [0.4, 0.5) is 5.82 Å². The van der Waals surface area contributed by atoms with Crippen molar-refractivity contribution in [2.45, 2.75) is 43.4 Å². The number of nitrogens with one attached hydrogen (secondary N) is 1. The maximum absolute atomic E-state index is 4.69. The van der Waals surface area contributed by atoms with E-state index in [-0.39, 0.29) is 0 Å². The number of aromatic nitrogens is 1. The molecule has 6 heteroatoms. The molecule has 1 saturated carbocycles. The van der Waals surface area contributed by atoms with Crippen LogP contribution in [0.25, 0.3) is 0 Å². The van der Waals surface area contributed by atoms with E-state index in [2.05, 4.69) is 39.1 Å². The second-order valence-electron chi connectivity index (χ2n) is 7.30. The molecule has 1 aromatic rings. The summed E-state index contributed by atoms with van der Waals surface area (Å²) in [5.74, 6) is 3.21. The van der Waals surface area contributed by atoms with Gasteiger partial charge in [0.05, 0.1) is 12.2 Å². The summed E-state index contributed by atoms with van der Waals surface area (Å²) >= 11 is 2.20. The third-order valence-electron chi connectivity index (χ3n) is 5.20. The fourth-order valence-corrected chi connectivity index (χ4v) is 5.41. The zero-order valence-electron chi connectivity index (χ0n) is 15.8. The van der Waals surface area contributed by atoms with Gasteiger partial charge in [0.15, 0.2) is 5.96 Å². The number of hydrogen-bond acceptors (Lipinski definition) is 4. The van der Waals surface area contributed by atoms with Crippen LogP contribution >= 0.6 is 11.8 Å². The summed E-state index contributed by atoms with van der Waals surface area (Å²) in [5, 5.41) is 3.53. The number of pyridine rings is 1. The number of nitrogens with zero attached hydrogens (tertiary/aromatic N) is 4. The van der Waals surface area contributed by atoms with Crippen molar-refractivity contribution in [1.29, 1.82) is 0 Å². The lowest BCUT2D eigenvalue weighted by atomic mass is 9.87. The first-order valence-corrected chi connectivity index (χ1v) is 10.3. The zero-order chi connectivity index (χ0) is 17.7. The van der Waals surface area contributed by atoms with Crippen molar-refractivity contribution in [1.82, 2.24) is 15.2 Å². The van der Waals surface area contributed by atoms with E-state index in [1.54, 1.807) is 0 Å². The van der Waals surface area contributed by atoms with Crippen molar-refractivity contribution in [3.8, 4) is 0 Å². The van der Waals surface area contributed by atoms with Crippen molar-refractivity contribution < 1.29 is 0 Å². The number of thioether (sulfide) groups is 1. The molecule has 138 valence electrons. The lowest BCUT2D eigenvalue weighted by Gasteiger charge is -2.45. The van der Waals surface area contributed by atoms with Gasteiger partial charge in [-0.3, -0.25) is 4.99 Å². The summed E-state index contributed by atoms with van der Waals surface area (Å²) in [7, 11) is 5.93. The normalized spacial score (nSPS) is 20.6. The summed E-state index contributed by atoms with van der Waals surface area (Å²) in [4.78, 5) is 13.7. The average Bonchev–Trinajstić information content (AvgIpc) is 2.63. The van der Waals surface area contributed by atoms with Gasteiger partial charge in [0.2, 0.25) is 0 Å². The zero-order valence-corrected chi connectivity index (χ0v) is 16.6. The maximum Gasteiger partial charge on any atom is 0.194 e. The Morgan fingerprint density at radius 2 is 2.12 bits per heavy atom. The smallest absolute Gasteiger partial charge is 0.194 e. The molecule has 25 heavy (non-hydrogen) atoms. The highest BCUT2D eigenvalue weighted by Gasteiger charge is 2.38. The molecule has 0 radical (unpaired) electrons. The number of anilines is 1. The van der Waals surface area contributed by atoms with Crippen LogP contribution in [0.15, 0.2) is 23.2 Å². The summed E-state index contributed by atoms with van der Waals surface area (Å²) in [6.45, 7) is 2.92. The highest BCUT2D eigenvalue weighted by molar-refractivity contribution is 8.00. The van der Waals surface area contributed by atoms with Crippen LogP contribution in [0.2, 0.25) is 0 Å². The van der Waals surface area contributed by atoms with Crippen LogP contribution in [0.1, 0.15) is 37.8 Å². The van der Waals surface area contributed by atoms with E-state index in [1.807, 2.05) is 32.1 Å². The van der Waals surface area contributed by atoms with Gasteiger partial charge in [-0.15, -0.1) is 0 Å². The molecule has 0 atom stereocenters. The molecule has 0 bridgehead atoms. The molecule has 5 nitrogen and oxygen atoms in total. The lowest BCUT2D eigenvalue weighted by molar-refractivity contribution is 0.293. The van der Waals surface area contributed by atoms with Crippen molar-refractivity contribution in [2.24, 2.45) is 4.99 Å². The maximum atomic E-state index is 4.69. The van der Waals surface area contributed by atoms with Crippen molar-refractivity contribution in [3.05, 3.63) is 23.9 Å². The highest BCUT2D eigenvalue weighted by atomic mass is 32.2. The molecule has 2 aliphatic rings. The third kappa shape index (κ3) is 4.60. The molecule has 1 aliphatic heterocycles. The number of rotatable bonds is 3. The molecule has 1 aromatic heterocycles. The van der Waals surface area contributed by atoms with Crippen LogP contribution in [0.3, 0.4) is 0 Å². The van der Waals surface area contributed by atoms with Gasteiger partial charge in [-0.05, 0) is 25.0 Å². The second-order valence-corrected chi connectivity index (χ2v) is 8.86. The minimum absolute atomic E-state index is 0.456. The molecule has 3 rings (SSSR count). The van der Waals surface area contributed by atoms with Crippen LogP contribution in [-0.2, 0) is 6.54 Å². The van der Waals surface area contributed by atoms with E-state index in [0.717, 1.165) is 30.6 Å². The second kappa shape index (κ2) is 8.30.